The Morgan fingerprint density at radius 3 is 2.75 bits per heavy atom. The summed E-state index contributed by atoms with van der Waals surface area (Å²) in [5.41, 5.74) is -0.0818. The van der Waals surface area contributed by atoms with Gasteiger partial charge in [0.25, 0.3) is 0 Å². The van der Waals surface area contributed by atoms with E-state index in [9.17, 15) is 9.59 Å². The van der Waals surface area contributed by atoms with Crippen LogP contribution in [0.3, 0.4) is 0 Å². The van der Waals surface area contributed by atoms with Crippen LogP contribution in [0.2, 0.25) is 0 Å². The lowest BCUT2D eigenvalue weighted by molar-refractivity contribution is -0.125. The number of hydrogen-bond donors (Lipinski definition) is 1. The second kappa shape index (κ2) is 6.93. The number of Topliss-reactive ketones (excluding diaryl/α,β-unsaturated/α-hetero) is 1. The zero-order valence-corrected chi connectivity index (χ0v) is 12.7. The van der Waals surface area contributed by atoms with E-state index in [0.29, 0.717) is 25.2 Å². The Kier molecular flexibility index (Phi) is 5.24. The summed E-state index contributed by atoms with van der Waals surface area (Å²) in [5.74, 6) is 1.19. The number of thioether (sulfide) groups is 1. The first-order chi connectivity index (χ1) is 9.60. The van der Waals surface area contributed by atoms with Crippen LogP contribution in [0.5, 0.6) is 0 Å². The lowest BCUT2D eigenvalue weighted by Gasteiger charge is -2.36. The van der Waals surface area contributed by atoms with Gasteiger partial charge >= 0.3 is 0 Å². The van der Waals surface area contributed by atoms with Crippen molar-refractivity contribution in [1.82, 2.24) is 5.32 Å². The first kappa shape index (κ1) is 15.1. The van der Waals surface area contributed by atoms with Gasteiger partial charge in [0.15, 0.2) is 0 Å². The van der Waals surface area contributed by atoms with Crippen LogP contribution in [-0.4, -0.2) is 24.0 Å². The Labute approximate surface area is 124 Å². The highest BCUT2D eigenvalue weighted by Gasteiger charge is 2.35. The lowest BCUT2D eigenvalue weighted by atomic mass is 9.75. The largest absolute Gasteiger partial charge is 0.356 e. The second-order valence-electron chi connectivity index (χ2n) is 5.58. The molecule has 0 unspecified atom stereocenters. The van der Waals surface area contributed by atoms with Crippen LogP contribution in [-0.2, 0) is 9.59 Å². The number of rotatable bonds is 5. The van der Waals surface area contributed by atoms with Crippen molar-refractivity contribution in [2.24, 2.45) is 5.41 Å². The smallest absolute Gasteiger partial charge is 0.216 e. The molecule has 0 aliphatic heterocycles. The van der Waals surface area contributed by atoms with Gasteiger partial charge in [-0.25, -0.2) is 0 Å². The van der Waals surface area contributed by atoms with E-state index in [1.165, 1.54) is 11.8 Å². The standard InChI is InChI=1S/C16H21NO2S/c1-13(18)17-11-16(9-5-6-14(19)10-16)12-20-15-7-3-2-4-8-15/h2-4,7-8H,5-6,9-12H2,1H3,(H,17,18)/t16-/m0/s1. The van der Waals surface area contributed by atoms with Gasteiger partial charge in [-0.05, 0) is 25.0 Å². The van der Waals surface area contributed by atoms with Crippen molar-refractivity contribution in [3.63, 3.8) is 0 Å². The van der Waals surface area contributed by atoms with E-state index in [-0.39, 0.29) is 11.3 Å². The summed E-state index contributed by atoms with van der Waals surface area (Å²) in [4.78, 5) is 24.2. The van der Waals surface area contributed by atoms with Gasteiger partial charge in [-0.15, -0.1) is 11.8 Å². The summed E-state index contributed by atoms with van der Waals surface area (Å²) in [5, 5.41) is 2.91. The van der Waals surface area contributed by atoms with Crippen molar-refractivity contribution in [3.8, 4) is 0 Å². The van der Waals surface area contributed by atoms with Gasteiger partial charge in [-0.3, -0.25) is 9.59 Å². The Bertz CT molecular complexity index is 475. The van der Waals surface area contributed by atoms with Crippen LogP contribution in [0.25, 0.3) is 0 Å². The molecule has 1 fully saturated rings. The number of carbonyl (C=O) groups is 2. The fourth-order valence-corrected chi connectivity index (χ4v) is 3.82. The predicted octanol–water partition coefficient (Wildman–Crippen LogP) is 3.04. The van der Waals surface area contributed by atoms with Crippen LogP contribution in [0.4, 0.5) is 0 Å². The third kappa shape index (κ3) is 4.37. The summed E-state index contributed by atoms with van der Waals surface area (Å²) in [6, 6.07) is 10.2. The monoisotopic (exact) mass is 291 g/mol. The first-order valence-corrected chi connectivity index (χ1v) is 8.02. The van der Waals surface area contributed by atoms with Gasteiger partial charge < -0.3 is 5.32 Å². The molecule has 0 radical (unpaired) electrons. The zero-order chi connectivity index (χ0) is 14.4. The fourth-order valence-electron chi connectivity index (χ4n) is 2.65. The number of amides is 1. The normalized spacial score (nSPS) is 22.6. The molecule has 1 aliphatic carbocycles. The molecule has 0 saturated heterocycles. The van der Waals surface area contributed by atoms with E-state index in [1.807, 2.05) is 18.2 Å². The summed E-state index contributed by atoms with van der Waals surface area (Å²) >= 11 is 1.78. The average Bonchev–Trinajstić information content (AvgIpc) is 2.44. The Morgan fingerprint density at radius 2 is 2.10 bits per heavy atom. The van der Waals surface area contributed by atoms with Crippen molar-refractivity contribution in [1.29, 1.82) is 0 Å². The third-order valence-electron chi connectivity index (χ3n) is 3.74. The molecule has 4 heteroatoms. The van der Waals surface area contributed by atoms with E-state index in [4.69, 9.17) is 0 Å². The van der Waals surface area contributed by atoms with Crippen LogP contribution >= 0.6 is 11.8 Å². The average molecular weight is 291 g/mol. The SMILES string of the molecule is CC(=O)NC[C@]1(CSc2ccccc2)CCCC(=O)C1. The summed E-state index contributed by atoms with van der Waals surface area (Å²) in [6.45, 7) is 2.14. The molecule has 3 nitrogen and oxygen atoms in total. The van der Waals surface area contributed by atoms with Crippen molar-refractivity contribution in [3.05, 3.63) is 30.3 Å². The minimum atomic E-state index is -0.0818. The molecule has 0 aromatic heterocycles. The van der Waals surface area contributed by atoms with Crippen molar-refractivity contribution >= 4 is 23.5 Å². The van der Waals surface area contributed by atoms with Gasteiger partial charge in [0.2, 0.25) is 5.91 Å². The first-order valence-electron chi connectivity index (χ1n) is 7.04. The highest BCUT2D eigenvalue weighted by atomic mass is 32.2. The van der Waals surface area contributed by atoms with Crippen molar-refractivity contribution in [2.45, 2.75) is 37.5 Å². The Morgan fingerprint density at radius 1 is 1.35 bits per heavy atom. The van der Waals surface area contributed by atoms with E-state index >= 15 is 0 Å². The number of hydrogen-bond acceptors (Lipinski definition) is 3. The molecule has 1 aliphatic rings. The number of carbonyl (C=O) groups excluding carboxylic acids is 2. The molecular formula is C16H21NO2S. The van der Waals surface area contributed by atoms with Crippen LogP contribution < -0.4 is 5.32 Å². The molecule has 2 rings (SSSR count). The van der Waals surface area contributed by atoms with Gasteiger partial charge in [0.05, 0.1) is 0 Å². The summed E-state index contributed by atoms with van der Waals surface area (Å²) in [6.07, 6.45) is 3.23. The Hall–Kier alpha value is -1.29. The van der Waals surface area contributed by atoms with Gasteiger partial charge in [-0.2, -0.15) is 0 Å². The molecule has 1 atom stereocenters. The van der Waals surface area contributed by atoms with Crippen molar-refractivity contribution < 1.29 is 9.59 Å². The lowest BCUT2D eigenvalue weighted by Crippen LogP contribution is -2.42. The Balaban J connectivity index is 2.02. The quantitative estimate of drug-likeness (QED) is 0.848. The van der Waals surface area contributed by atoms with Gasteiger partial charge in [-0.1, -0.05) is 18.2 Å². The van der Waals surface area contributed by atoms with Crippen molar-refractivity contribution in [2.75, 3.05) is 12.3 Å². The molecule has 1 N–H and O–H groups in total. The summed E-state index contributed by atoms with van der Waals surface area (Å²) in [7, 11) is 0. The summed E-state index contributed by atoms with van der Waals surface area (Å²) < 4.78 is 0. The highest BCUT2D eigenvalue weighted by molar-refractivity contribution is 7.99. The molecule has 1 aromatic rings. The molecule has 20 heavy (non-hydrogen) atoms. The predicted molar refractivity (Wildman–Crippen MR) is 81.8 cm³/mol. The van der Waals surface area contributed by atoms with E-state index in [2.05, 4.69) is 17.4 Å². The topological polar surface area (TPSA) is 46.2 Å². The zero-order valence-electron chi connectivity index (χ0n) is 11.9. The maximum absolute atomic E-state index is 11.8. The number of ketones is 1. The van der Waals surface area contributed by atoms with Gasteiger partial charge in [0, 0.05) is 42.4 Å². The molecular weight excluding hydrogens is 270 g/mol. The number of benzene rings is 1. The highest BCUT2D eigenvalue weighted by Crippen LogP contribution is 2.39. The van der Waals surface area contributed by atoms with E-state index in [1.54, 1.807) is 11.8 Å². The fraction of sp³-hybridized carbons (Fsp3) is 0.500. The van der Waals surface area contributed by atoms with Gasteiger partial charge in [0.1, 0.15) is 5.78 Å². The number of nitrogens with one attached hydrogen (secondary N) is 1. The van der Waals surface area contributed by atoms with E-state index in [0.717, 1.165) is 18.6 Å². The van der Waals surface area contributed by atoms with Crippen LogP contribution in [0, 0.1) is 5.41 Å². The van der Waals surface area contributed by atoms with Crippen LogP contribution in [0.15, 0.2) is 35.2 Å². The molecule has 0 spiro atoms. The minimum absolute atomic E-state index is 0.0212. The molecule has 0 bridgehead atoms. The molecule has 108 valence electrons. The maximum Gasteiger partial charge on any atom is 0.216 e. The molecule has 1 amide bonds. The maximum atomic E-state index is 11.8. The molecule has 1 saturated carbocycles. The molecule has 1 aromatic carbocycles. The second-order valence-corrected chi connectivity index (χ2v) is 6.63. The minimum Gasteiger partial charge on any atom is -0.356 e. The van der Waals surface area contributed by atoms with Crippen LogP contribution in [0.1, 0.15) is 32.6 Å². The van der Waals surface area contributed by atoms with E-state index < -0.39 is 0 Å². The third-order valence-corrected chi connectivity index (χ3v) is 5.10. The molecule has 0 heterocycles.